The fraction of sp³-hybridized carbons (Fsp3) is 0.103. The summed E-state index contributed by atoms with van der Waals surface area (Å²) in [6, 6.07) is 23.6. The van der Waals surface area contributed by atoms with Crippen LogP contribution in [0.25, 0.3) is 0 Å². The minimum atomic E-state index is -0.604. The van der Waals surface area contributed by atoms with Crippen LogP contribution in [-0.2, 0) is 5.41 Å². The second-order valence-electron chi connectivity index (χ2n) is 8.65. The minimum Gasteiger partial charge on any atom is -0.421 e. The van der Waals surface area contributed by atoms with E-state index in [-0.39, 0.29) is 32.7 Å². The molecule has 0 amide bonds. The van der Waals surface area contributed by atoms with E-state index in [0.717, 1.165) is 11.1 Å². The average molecular weight is 574 g/mol. The first-order valence-corrected chi connectivity index (χ1v) is 12.6. The van der Waals surface area contributed by atoms with Crippen LogP contribution in [0.1, 0.15) is 45.7 Å². The lowest BCUT2D eigenvalue weighted by atomic mass is 9.78. The fourth-order valence-electron chi connectivity index (χ4n) is 3.67. The van der Waals surface area contributed by atoms with Gasteiger partial charge in [0, 0.05) is 5.41 Å². The van der Waals surface area contributed by atoms with E-state index in [1.54, 1.807) is 72.8 Å². The van der Waals surface area contributed by atoms with Crippen LogP contribution in [0.15, 0.2) is 84.9 Å². The molecule has 0 saturated carbocycles. The van der Waals surface area contributed by atoms with Gasteiger partial charge in [0.05, 0.1) is 31.2 Å². The summed E-state index contributed by atoms with van der Waals surface area (Å²) in [5.41, 5.74) is 1.66. The van der Waals surface area contributed by atoms with Crippen LogP contribution >= 0.6 is 46.4 Å². The van der Waals surface area contributed by atoms with Gasteiger partial charge in [-0.15, -0.1) is 0 Å². The van der Waals surface area contributed by atoms with Gasteiger partial charge in [-0.3, -0.25) is 0 Å². The third-order valence-electron chi connectivity index (χ3n) is 5.90. The number of halogens is 4. The van der Waals surface area contributed by atoms with E-state index in [4.69, 9.17) is 55.9 Å². The maximum atomic E-state index is 12.5. The van der Waals surface area contributed by atoms with E-state index in [0.29, 0.717) is 10.0 Å². The molecule has 0 unspecified atom stereocenters. The normalized spacial score (nSPS) is 11.2. The Bertz CT molecular complexity index is 1390. The minimum absolute atomic E-state index is 0.214. The molecular formula is C29H20Cl4O4. The van der Waals surface area contributed by atoms with E-state index in [9.17, 15) is 9.59 Å². The van der Waals surface area contributed by atoms with Crippen molar-refractivity contribution in [3.8, 4) is 11.5 Å². The summed E-state index contributed by atoms with van der Waals surface area (Å²) < 4.78 is 10.9. The van der Waals surface area contributed by atoms with Gasteiger partial charge in [0.25, 0.3) is 0 Å². The molecule has 0 aliphatic carbocycles. The molecule has 0 spiro atoms. The molecule has 0 aliphatic rings. The molecule has 0 aliphatic heterocycles. The Morgan fingerprint density at radius 3 is 1.30 bits per heavy atom. The van der Waals surface area contributed by atoms with Crippen molar-refractivity contribution >= 4 is 58.3 Å². The van der Waals surface area contributed by atoms with Crippen molar-refractivity contribution in [1.29, 1.82) is 0 Å². The first kappa shape index (κ1) is 27.0. The summed E-state index contributed by atoms with van der Waals surface area (Å²) in [5, 5.41) is 1.11. The second-order valence-corrected chi connectivity index (χ2v) is 10.3. The molecule has 4 aromatic carbocycles. The highest BCUT2D eigenvalue weighted by molar-refractivity contribution is 6.34. The molecule has 0 heterocycles. The monoisotopic (exact) mass is 572 g/mol. The maximum Gasteiger partial charge on any atom is 0.345 e. The maximum absolute atomic E-state index is 12.5. The topological polar surface area (TPSA) is 52.6 Å². The first-order valence-electron chi connectivity index (χ1n) is 11.1. The van der Waals surface area contributed by atoms with Crippen LogP contribution in [0, 0.1) is 0 Å². The van der Waals surface area contributed by atoms with E-state index in [1.807, 2.05) is 26.0 Å². The third kappa shape index (κ3) is 5.94. The number of hydrogen-bond acceptors (Lipinski definition) is 4. The molecule has 0 atom stereocenters. The Balaban J connectivity index is 1.54. The molecule has 4 rings (SSSR count). The Kier molecular flexibility index (Phi) is 8.15. The number of ether oxygens (including phenoxy) is 2. The zero-order valence-corrected chi connectivity index (χ0v) is 22.8. The summed E-state index contributed by atoms with van der Waals surface area (Å²) in [7, 11) is 0. The molecule has 0 saturated heterocycles. The fourth-order valence-corrected chi connectivity index (χ4v) is 4.54. The molecule has 188 valence electrons. The highest BCUT2D eigenvalue weighted by Crippen LogP contribution is 2.39. The number of rotatable bonds is 6. The van der Waals surface area contributed by atoms with Crippen molar-refractivity contribution in [3.63, 3.8) is 0 Å². The summed E-state index contributed by atoms with van der Waals surface area (Å²) in [6.07, 6.45) is 0. The van der Waals surface area contributed by atoms with E-state index in [1.165, 1.54) is 0 Å². The molecule has 0 bridgehead atoms. The summed E-state index contributed by atoms with van der Waals surface area (Å²) in [6.45, 7) is 3.99. The molecule has 8 heteroatoms. The van der Waals surface area contributed by atoms with Gasteiger partial charge < -0.3 is 9.47 Å². The van der Waals surface area contributed by atoms with Crippen molar-refractivity contribution in [1.82, 2.24) is 0 Å². The van der Waals surface area contributed by atoms with Gasteiger partial charge >= 0.3 is 11.9 Å². The smallest absolute Gasteiger partial charge is 0.345 e. The van der Waals surface area contributed by atoms with Crippen LogP contribution in [0.3, 0.4) is 0 Å². The van der Waals surface area contributed by atoms with Crippen LogP contribution < -0.4 is 9.47 Å². The van der Waals surface area contributed by atoms with E-state index < -0.39 is 17.4 Å². The standard InChI is InChI=1S/C29H20Cl4O4/c1-29(2,17-11-13-25(23(32)15-17)36-27(34)19-7-3-5-9-21(19)30)18-12-14-26(24(33)16-18)37-28(35)20-8-4-6-10-22(20)31/h3-16H,1-2H3. The Morgan fingerprint density at radius 1 is 0.568 bits per heavy atom. The van der Waals surface area contributed by atoms with Gasteiger partial charge in [-0.2, -0.15) is 0 Å². The van der Waals surface area contributed by atoms with Crippen LogP contribution in [0.4, 0.5) is 0 Å². The largest absolute Gasteiger partial charge is 0.421 e. The predicted octanol–water partition coefficient (Wildman–Crippen LogP) is 9.06. The Morgan fingerprint density at radius 2 is 0.946 bits per heavy atom. The summed E-state index contributed by atoms with van der Waals surface area (Å²) >= 11 is 25.1. The highest BCUT2D eigenvalue weighted by atomic mass is 35.5. The molecule has 4 nitrogen and oxygen atoms in total. The average Bonchev–Trinajstić information content (AvgIpc) is 2.86. The Hall–Kier alpha value is -3.02. The van der Waals surface area contributed by atoms with Gasteiger partial charge in [-0.25, -0.2) is 9.59 Å². The summed E-state index contributed by atoms with van der Waals surface area (Å²) in [4.78, 5) is 25.0. The van der Waals surface area contributed by atoms with Crippen molar-refractivity contribution in [2.24, 2.45) is 0 Å². The van der Waals surface area contributed by atoms with E-state index in [2.05, 4.69) is 0 Å². The number of esters is 2. The van der Waals surface area contributed by atoms with Gasteiger partial charge in [-0.05, 0) is 59.7 Å². The second kappa shape index (κ2) is 11.2. The number of carbonyl (C=O) groups is 2. The lowest BCUT2D eigenvalue weighted by Crippen LogP contribution is -2.19. The van der Waals surface area contributed by atoms with Crippen molar-refractivity contribution in [2.45, 2.75) is 19.3 Å². The molecule has 0 aromatic heterocycles. The van der Waals surface area contributed by atoms with Gasteiger partial charge in [0.1, 0.15) is 11.5 Å². The van der Waals surface area contributed by atoms with E-state index >= 15 is 0 Å². The lowest BCUT2D eigenvalue weighted by molar-refractivity contribution is 0.0725. The molecule has 0 N–H and O–H groups in total. The molecule has 37 heavy (non-hydrogen) atoms. The van der Waals surface area contributed by atoms with Crippen molar-refractivity contribution < 1.29 is 19.1 Å². The van der Waals surface area contributed by atoms with Crippen LogP contribution in [-0.4, -0.2) is 11.9 Å². The van der Waals surface area contributed by atoms with Crippen LogP contribution in [0.2, 0.25) is 20.1 Å². The molecule has 0 radical (unpaired) electrons. The SMILES string of the molecule is CC(C)(c1ccc(OC(=O)c2ccccc2Cl)c(Cl)c1)c1ccc(OC(=O)c2ccccc2Cl)c(Cl)c1. The molecular weight excluding hydrogens is 554 g/mol. The third-order valence-corrected chi connectivity index (χ3v) is 7.15. The summed E-state index contributed by atoms with van der Waals surface area (Å²) in [5.74, 6) is -0.779. The van der Waals surface area contributed by atoms with Gasteiger partial charge in [0.15, 0.2) is 0 Å². The van der Waals surface area contributed by atoms with Gasteiger partial charge in [0.2, 0.25) is 0 Å². The number of carbonyl (C=O) groups excluding carboxylic acids is 2. The quantitative estimate of drug-likeness (QED) is 0.170. The number of hydrogen-bond donors (Lipinski definition) is 0. The van der Waals surface area contributed by atoms with Gasteiger partial charge in [-0.1, -0.05) is 96.6 Å². The van der Waals surface area contributed by atoms with Crippen molar-refractivity contribution in [3.05, 3.63) is 127 Å². The molecule has 0 fully saturated rings. The zero-order chi connectivity index (χ0) is 26.7. The zero-order valence-electron chi connectivity index (χ0n) is 19.7. The van der Waals surface area contributed by atoms with Crippen molar-refractivity contribution in [2.75, 3.05) is 0 Å². The lowest BCUT2D eigenvalue weighted by Gasteiger charge is -2.27. The molecule has 4 aromatic rings. The Labute approximate surface area is 234 Å². The highest BCUT2D eigenvalue weighted by Gasteiger charge is 2.26. The number of benzene rings is 4. The van der Waals surface area contributed by atoms with Crippen LogP contribution in [0.5, 0.6) is 11.5 Å². The predicted molar refractivity (Wildman–Crippen MR) is 148 cm³/mol. The first-order chi connectivity index (χ1) is 17.6.